The highest BCUT2D eigenvalue weighted by atomic mass is 32.2. The topological polar surface area (TPSA) is 46.9 Å². The van der Waals surface area contributed by atoms with E-state index in [-0.39, 0.29) is 5.91 Å². The molecule has 0 atom stereocenters. The molecule has 2 aromatic carbocycles. The van der Waals surface area contributed by atoms with Crippen LogP contribution in [0.2, 0.25) is 0 Å². The van der Waals surface area contributed by atoms with Gasteiger partial charge in [-0.3, -0.25) is 9.48 Å². The van der Waals surface area contributed by atoms with E-state index in [1.807, 2.05) is 60.1 Å². The van der Waals surface area contributed by atoms with E-state index in [0.29, 0.717) is 13.0 Å². The molecule has 24 heavy (non-hydrogen) atoms. The van der Waals surface area contributed by atoms with Gasteiger partial charge in [0.2, 0.25) is 5.91 Å². The minimum absolute atomic E-state index is 0.00832. The van der Waals surface area contributed by atoms with Crippen molar-refractivity contribution in [1.29, 1.82) is 0 Å². The van der Waals surface area contributed by atoms with E-state index in [2.05, 4.69) is 22.5 Å². The second-order valence-electron chi connectivity index (χ2n) is 5.41. The van der Waals surface area contributed by atoms with E-state index in [4.69, 9.17) is 0 Å². The Morgan fingerprint density at radius 1 is 1.08 bits per heavy atom. The molecule has 0 saturated carbocycles. The zero-order valence-electron chi connectivity index (χ0n) is 13.5. The van der Waals surface area contributed by atoms with Gasteiger partial charge in [0.1, 0.15) is 0 Å². The molecule has 0 saturated heterocycles. The number of rotatable bonds is 6. The lowest BCUT2D eigenvalue weighted by Crippen LogP contribution is -2.15. The predicted octanol–water partition coefficient (Wildman–Crippen LogP) is 4.37. The first kappa shape index (κ1) is 16.3. The van der Waals surface area contributed by atoms with Crippen molar-refractivity contribution in [2.45, 2.75) is 29.7 Å². The summed E-state index contributed by atoms with van der Waals surface area (Å²) in [7, 11) is 0. The summed E-state index contributed by atoms with van der Waals surface area (Å²) in [6.45, 7) is 2.56. The molecule has 3 aromatic rings. The van der Waals surface area contributed by atoms with Crippen LogP contribution in [0.15, 0.2) is 76.7 Å². The van der Waals surface area contributed by atoms with Crippen LogP contribution in [0.5, 0.6) is 0 Å². The monoisotopic (exact) mass is 337 g/mol. The van der Waals surface area contributed by atoms with Crippen molar-refractivity contribution in [3.63, 3.8) is 0 Å². The number of carbonyl (C=O) groups is 1. The normalized spacial score (nSPS) is 10.5. The molecule has 0 aliphatic carbocycles. The third kappa shape index (κ3) is 4.26. The molecule has 1 amide bonds. The summed E-state index contributed by atoms with van der Waals surface area (Å²) in [6.07, 6.45) is 2.14. The smallest absolute Gasteiger partial charge is 0.226 e. The van der Waals surface area contributed by atoms with Crippen LogP contribution in [0.3, 0.4) is 0 Å². The van der Waals surface area contributed by atoms with Crippen LogP contribution in [0.1, 0.15) is 12.1 Å². The number of para-hydroxylation sites is 1. The quantitative estimate of drug-likeness (QED) is 0.726. The number of aryl methyl sites for hydroxylation is 2. The van der Waals surface area contributed by atoms with E-state index in [1.165, 1.54) is 0 Å². The first-order chi connectivity index (χ1) is 11.7. The number of anilines is 1. The molecule has 0 aliphatic rings. The highest BCUT2D eigenvalue weighted by molar-refractivity contribution is 7.99. The number of hydrogen-bond donors (Lipinski definition) is 1. The lowest BCUT2D eigenvalue weighted by atomic mass is 10.3. The summed E-state index contributed by atoms with van der Waals surface area (Å²) in [5.41, 5.74) is 1.90. The third-order valence-corrected chi connectivity index (χ3v) is 4.70. The van der Waals surface area contributed by atoms with Gasteiger partial charge in [-0.05, 0) is 37.3 Å². The molecule has 4 nitrogen and oxygen atoms in total. The lowest BCUT2D eigenvalue weighted by molar-refractivity contribution is -0.116. The molecular formula is C19H19N3OS. The van der Waals surface area contributed by atoms with Crippen molar-refractivity contribution >= 4 is 23.4 Å². The number of carbonyl (C=O) groups excluding carboxylic acids is 1. The van der Waals surface area contributed by atoms with Gasteiger partial charge in [-0.1, -0.05) is 42.1 Å². The van der Waals surface area contributed by atoms with Crippen LogP contribution in [0.4, 0.5) is 5.69 Å². The van der Waals surface area contributed by atoms with Crippen molar-refractivity contribution in [2.24, 2.45) is 0 Å². The van der Waals surface area contributed by atoms with Gasteiger partial charge < -0.3 is 5.32 Å². The van der Waals surface area contributed by atoms with E-state index in [1.54, 1.807) is 18.0 Å². The number of nitrogens with zero attached hydrogens (tertiary/aromatic N) is 2. The highest BCUT2D eigenvalue weighted by Gasteiger charge is 2.09. The molecule has 1 N–H and O–H groups in total. The maximum atomic E-state index is 12.3. The lowest BCUT2D eigenvalue weighted by Gasteiger charge is -2.11. The van der Waals surface area contributed by atoms with E-state index < -0.39 is 0 Å². The van der Waals surface area contributed by atoms with Crippen molar-refractivity contribution in [3.05, 3.63) is 72.6 Å². The van der Waals surface area contributed by atoms with E-state index in [0.717, 1.165) is 21.2 Å². The minimum Gasteiger partial charge on any atom is -0.325 e. The van der Waals surface area contributed by atoms with Crippen molar-refractivity contribution < 1.29 is 4.79 Å². The van der Waals surface area contributed by atoms with Crippen molar-refractivity contribution in [2.75, 3.05) is 5.32 Å². The average Bonchev–Trinajstić information content (AvgIpc) is 3.01. The number of aromatic nitrogens is 2. The van der Waals surface area contributed by atoms with Crippen molar-refractivity contribution in [1.82, 2.24) is 9.78 Å². The van der Waals surface area contributed by atoms with Gasteiger partial charge in [0.15, 0.2) is 0 Å². The van der Waals surface area contributed by atoms with Gasteiger partial charge in [-0.2, -0.15) is 5.10 Å². The van der Waals surface area contributed by atoms with Gasteiger partial charge in [0.05, 0.1) is 5.69 Å². The molecule has 0 fully saturated rings. The molecule has 0 aliphatic heterocycles. The van der Waals surface area contributed by atoms with Crippen LogP contribution in [0, 0.1) is 6.92 Å². The summed E-state index contributed by atoms with van der Waals surface area (Å²) >= 11 is 1.64. The summed E-state index contributed by atoms with van der Waals surface area (Å²) < 4.78 is 1.84. The molecule has 1 aromatic heterocycles. The molecule has 0 unspecified atom stereocenters. The summed E-state index contributed by atoms with van der Waals surface area (Å²) in [5, 5.41) is 7.21. The third-order valence-electron chi connectivity index (χ3n) is 3.61. The number of nitrogens with one attached hydrogen (secondary N) is 1. The molecule has 122 valence electrons. The average molecular weight is 337 g/mol. The van der Waals surface area contributed by atoms with Gasteiger partial charge >= 0.3 is 0 Å². The summed E-state index contributed by atoms with van der Waals surface area (Å²) in [5.74, 6) is -0.00832. The molecular weight excluding hydrogens is 318 g/mol. The Hall–Kier alpha value is -2.53. The van der Waals surface area contributed by atoms with E-state index >= 15 is 0 Å². The number of amides is 1. The van der Waals surface area contributed by atoms with Crippen LogP contribution >= 0.6 is 11.8 Å². The highest BCUT2D eigenvalue weighted by Crippen LogP contribution is 2.33. The first-order valence-electron chi connectivity index (χ1n) is 7.82. The fourth-order valence-corrected chi connectivity index (χ4v) is 3.25. The van der Waals surface area contributed by atoms with Gasteiger partial charge in [0, 0.05) is 34.6 Å². The Kier molecular flexibility index (Phi) is 5.33. The second-order valence-corrected chi connectivity index (χ2v) is 6.52. The van der Waals surface area contributed by atoms with Crippen LogP contribution in [-0.4, -0.2) is 15.7 Å². The standard InChI is InChI=1S/C19H19N3OS/c1-15-11-13-20-22(15)14-12-19(23)21-17-9-5-6-10-18(17)24-16-7-3-2-4-8-16/h2-11,13H,12,14H2,1H3,(H,21,23). The van der Waals surface area contributed by atoms with Gasteiger partial charge in [0.25, 0.3) is 0 Å². The Bertz CT molecular complexity index is 814. The van der Waals surface area contributed by atoms with Crippen LogP contribution in [0.25, 0.3) is 0 Å². The molecule has 0 spiro atoms. The fourth-order valence-electron chi connectivity index (χ4n) is 2.33. The molecule has 1 heterocycles. The maximum Gasteiger partial charge on any atom is 0.226 e. The summed E-state index contributed by atoms with van der Waals surface area (Å²) in [6, 6.07) is 19.9. The Morgan fingerprint density at radius 2 is 1.83 bits per heavy atom. The second kappa shape index (κ2) is 7.84. The van der Waals surface area contributed by atoms with Gasteiger partial charge in [-0.25, -0.2) is 0 Å². The molecule has 0 bridgehead atoms. The molecule has 3 rings (SSSR count). The minimum atomic E-state index is -0.00832. The van der Waals surface area contributed by atoms with Crippen LogP contribution in [-0.2, 0) is 11.3 Å². The Morgan fingerprint density at radius 3 is 2.58 bits per heavy atom. The Labute approximate surface area is 145 Å². The van der Waals surface area contributed by atoms with Gasteiger partial charge in [-0.15, -0.1) is 0 Å². The molecule has 5 heteroatoms. The fraction of sp³-hybridized carbons (Fsp3) is 0.158. The Balaban J connectivity index is 1.64. The SMILES string of the molecule is Cc1ccnn1CCC(=O)Nc1ccccc1Sc1ccccc1. The summed E-state index contributed by atoms with van der Waals surface area (Å²) in [4.78, 5) is 14.4. The first-order valence-corrected chi connectivity index (χ1v) is 8.64. The molecule has 0 radical (unpaired) electrons. The van der Waals surface area contributed by atoms with Crippen molar-refractivity contribution in [3.8, 4) is 0 Å². The number of hydrogen-bond acceptors (Lipinski definition) is 3. The maximum absolute atomic E-state index is 12.3. The largest absolute Gasteiger partial charge is 0.325 e. The van der Waals surface area contributed by atoms with E-state index in [9.17, 15) is 4.79 Å². The number of benzene rings is 2. The zero-order valence-corrected chi connectivity index (χ0v) is 14.3. The predicted molar refractivity (Wildman–Crippen MR) is 97.2 cm³/mol. The van der Waals surface area contributed by atoms with Crippen LogP contribution < -0.4 is 5.32 Å². The zero-order chi connectivity index (χ0) is 16.8.